The number of benzene rings is 2. The van der Waals surface area contributed by atoms with Crippen molar-refractivity contribution in [3.63, 3.8) is 0 Å². The van der Waals surface area contributed by atoms with Crippen molar-refractivity contribution in [3.8, 4) is 5.75 Å². The largest absolute Gasteiger partial charge is 0.497 e. The van der Waals surface area contributed by atoms with Crippen molar-refractivity contribution < 1.29 is 23.9 Å². The van der Waals surface area contributed by atoms with Crippen molar-refractivity contribution in [3.05, 3.63) is 65.7 Å². The first kappa shape index (κ1) is 22.5. The van der Waals surface area contributed by atoms with Gasteiger partial charge in [0.05, 0.1) is 7.11 Å². The molecule has 0 saturated heterocycles. The average Bonchev–Trinajstić information content (AvgIpc) is 2.76. The lowest BCUT2D eigenvalue weighted by atomic mass is 10.1. The minimum absolute atomic E-state index is 0.320. The van der Waals surface area contributed by atoms with E-state index in [2.05, 4.69) is 5.32 Å². The molecular weight excluding hydrogens is 390 g/mol. The third-order valence-electron chi connectivity index (χ3n) is 4.27. The van der Waals surface area contributed by atoms with Gasteiger partial charge in [0.1, 0.15) is 11.8 Å². The predicted octanol–water partition coefficient (Wildman–Crippen LogP) is 3.36. The van der Waals surface area contributed by atoms with E-state index in [4.69, 9.17) is 9.47 Å². The van der Waals surface area contributed by atoms with Crippen molar-refractivity contribution in [1.82, 2.24) is 5.32 Å². The fourth-order valence-corrected chi connectivity index (χ4v) is 3.09. The summed E-state index contributed by atoms with van der Waals surface area (Å²) in [6.45, 7) is 1.52. The normalized spacial score (nSPS) is 12.5. The molecule has 0 aromatic heterocycles. The Kier molecular flexibility index (Phi) is 8.73. The second kappa shape index (κ2) is 11.3. The van der Waals surface area contributed by atoms with Gasteiger partial charge in [0.2, 0.25) is 5.78 Å². The van der Waals surface area contributed by atoms with Gasteiger partial charge in [-0.2, -0.15) is 11.8 Å². The third kappa shape index (κ3) is 6.64. The number of ether oxygens (including phenoxy) is 2. The second-order valence-electron chi connectivity index (χ2n) is 6.35. The summed E-state index contributed by atoms with van der Waals surface area (Å²) < 4.78 is 10.5. The Morgan fingerprint density at radius 2 is 1.66 bits per heavy atom. The van der Waals surface area contributed by atoms with E-state index < -0.39 is 18.1 Å². The highest BCUT2D eigenvalue weighted by Crippen LogP contribution is 2.15. The number of hydrogen-bond donors (Lipinski definition) is 1. The van der Waals surface area contributed by atoms with Crippen LogP contribution in [0.5, 0.6) is 5.75 Å². The molecule has 154 valence electrons. The molecule has 6 nitrogen and oxygen atoms in total. The van der Waals surface area contributed by atoms with E-state index in [9.17, 15) is 14.4 Å². The van der Waals surface area contributed by atoms with Crippen molar-refractivity contribution in [2.24, 2.45) is 0 Å². The summed E-state index contributed by atoms with van der Waals surface area (Å²) in [5, 5.41) is 2.71. The molecule has 0 aliphatic heterocycles. The second-order valence-corrected chi connectivity index (χ2v) is 7.33. The number of esters is 1. The smallest absolute Gasteiger partial charge is 0.329 e. The minimum atomic E-state index is -0.971. The summed E-state index contributed by atoms with van der Waals surface area (Å²) in [7, 11) is 1.54. The lowest BCUT2D eigenvalue weighted by molar-refractivity contribution is -0.148. The molecule has 0 unspecified atom stereocenters. The number of ketones is 1. The first-order chi connectivity index (χ1) is 14.0. The van der Waals surface area contributed by atoms with Gasteiger partial charge in [0.25, 0.3) is 5.91 Å². The molecular formula is C22H25NO5S. The zero-order chi connectivity index (χ0) is 21.2. The lowest BCUT2D eigenvalue weighted by Gasteiger charge is -2.20. The van der Waals surface area contributed by atoms with Crippen molar-refractivity contribution in [2.45, 2.75) is 25.5 Å². The van der Waals surface area contributed by atoms with Crippen LogP contribution in [-0.2, 0) is 9.53 Å². The van der Waals surface area contributed by atoms with Gasteiger partial charge in [-0.05, 0) is 61.8 Å². The summed E-state index contributed by atoms with van der Waals surface area (Å²) in [4.78, 5) is 37.6. The van der Waals surface area contributed by atoms with Crippen LogP contribution < -0.4 is 10.1 Å². The van der Waals surface area contributed by atoms with E-state index in [1.807, 2.05) is 12.3 Å². The minimum Gasteiger partial charge on any atom is -0.497 e. The summed E-state index contributed by atoms with van der Waals surface area (Å²) in [6.07, 6.45) is 1.35. The van der Waals surface area contributed by atoms with Crippen LogP contribution in [0.2, 0.25) is 0 Å². The molecule has 0 heterocycles. The average molecular weight is 416 g/mol. The Morgan fingerprint density at radius 1 is 1.00 bits per heavy atom. The number of Topliss-reactive ketones (excluding diaryl/α,β-unsaturated/α-hetero) is 1. The molecule has 29 heavy (non-hydrogen) atoms. The lowest BCUT2D eigenvalue weighted by Crippen LogP contribution is -2.44. The number of carbonyl (C=O) groups excluding carboxylic acids is 3. The van der Waals surface area contributed by atoms with Gasteiger partial charge in [0.15, 0.2) is 6.10 Å². The van der Waals surface area contributed by atoms with Crippen LogP contribution in [0.25, 0.3) is 0 Å². The molecule has 0 bridgehead atoms. The van der Waals surface area contributed by atoms with Crippen LogP contribution >= 0.6 is 11.8 Å². The molecule has 0 radical (unpaired) electrons. The fourth-order valence-electron chi connectivity index (χ4n) is 2.62. The highest BCUT2D eigenvalue weighted by atomic mass is 32.2. The van der Waals surface area contributed by atoms with Gasteiger partial charge in [-0.15, -0.1) is 0 Å². The Labute approximate surface area is 175 Å². The Hall–Kier alpha value is -2.80. The maximum Gasteiger partial charge on any atom is 0.329 e. The van der Waals surface area contributed by atoms with Gasteiger partial charge in [0, 0.05) is 11.1 Å². The molecule has 0 aliphatic carbocycles. The summed E-state index contributed by atoms with van der Waals surface area (Å²) in [5.41, 5.74) is 0.872. The molecule has 2 atom stereocenters. The zero-order valence-corrected chi connectivity index (χ0v) is 17.5. The molecule has 0 aliphatic rings. The first-order valence-electron chi connectivity index (χ1n) is 9.20. The van der Waals surface area contributed by atoms with Crippen LogP contribution in [-0.4, -0.2) is 48.9 Å². The number of rotatable bonds is 10. The number of methoxy groups -OCH3 is 1. The molecule has 0 fully saturated rings. The number of thioether (sulfide) groups is 1. The maximum atomic E-state index is 12.6. The van der Waals surface area contributed by atoms with Crippen LogP contribution in [0.4, 0.5) is 0 Å². The Balaban J connectivity index is 2.03. The standard InChI is InChI=1S/C22H25NO5S/c1-15(20(24)16-9-11-18(27-2)12-10-16)28-22(26)19(13-14-29-3)23-21(25)17-7-5-4-6-8-17/h4-12,15,19H,13-14H2,1-3H3,(H,23,25)/t15-,19+/m0/s1. The van der Waals surface area contributed by atoms with Crippen molar-refractivity contribution in [1.29, 1.82) is 0 Å². The monoisotopic (exact) mass is 415 g/mol. The van der Waals surface area contributed by atoms with Gasteiger partial charge in [-0.25, -0.2) is 4.79 Å². The van der Waals surface area contributed by atoms with Gasteiger partial charge < -0.3 is 14.8 Å². The zero-order valence-electron chi connectivity index (χ0n) is 16.7. The third-order valence-corrected chi connectivity index (χ3v) is 4.92. The van der Waals surface area contributed by atoms with E-state index in [0.29, 0.717) is 29.1 Å². The maximum absolute atomic E-state index is 12.6. The molecule has 2 aromatic carbocycles. The van der Waals surface area contributed by atoms with E-state index in [1.54, 1.807) is 67.4 Å². The fraction of sp³-hybridized carbons (Fsp3) is 0.318. The SMILES string of the molecule is COc1ccc(C(=O)[C@H](C)OC(=O)[C@@H](CCSC)NC(=O)c2ccccc2)cc1. The van der Waals surface area contributed by atoms with Crippen LogP contribution in [0.3, 0.4) is 0 Å². The molecule has 1 N–H and O–H groups in total. The van der Waals surface area contributed by atoms with Gasteiger partial charge >= 0.3 is 5.97 Å². The molecule has 2 aromatic rings. The molecule has 0 spiro atoms. The van der Waals surface area contributed by atoms with E-state index >= 15 is 0 Å². The molecule has 0 saturated carbocycles. The molecule has 7 heteroatoms. The number of carbonyl (C=O) groups is 3. The number of amides is 1. The topological polar surface area (TPSA) is 81.7 Å². The van der Waals surface area contributed by atoms with E-state index in [1.165, 1.54) is 6.92 Å². The molecule has 2 rings (SSSR count). The first-order valence-corrected chi connectivity index (χ1v) is 10.6. The highest BCUT2D eigenvalue weighted by molar-refractivity contribution is 7.98. The number of nitrogens with one attached hydrogen (secondary N) is 1. The highest BCUT2D eigenvalue weighted by Gasteiger charge is 2.27. The summed E-state index contributed by atoms with van der Waals surface area (Å²) in [6, 6.07) is 14.4. The molecule has 1 amide bonds. The van der Waals surface area contributed by atoms with Crippen molar-refractivity contribution in [2.75, 3.05) is 19.1 Å². The summed E-state index contributed by atoms with van der Waals surface area (Å²) in [5.74, 6) is -0.0123. The number of hydrogen-bond acceptors (Lipinski definition) is 6. The van der Waals surface area contributed by atoms with Crippen LogP contribution in [0, 0.1) is 0 Å². The van der Waals surface area contributed by atoms with Crippen LogP contribution in [0.15, 0.2) is 54.6 Å². The predicted molar refractivity (Wildman–Crippen MR) is 114 cm³/mol. The Bertz CT molecular complexity index is 823. The van der Waals surface area contributed by atoms with Gasteiger partial charge in [-0.1, -0.05) is 18.2 Å². The van der Waals surface area contributed by atoms with E-state index in [-0.39, 0.29) is 11.7 Å². The Morgan fingerprint density at radius 3 is 2.24 bits per heavy atom. The quantitative estimate of drug-likeness (QED) is 0.473. The van der Waals surface area contributed by atoms with Crippen LogP contribution in [0.1, 0.15) is 34.1 Å². The summed E-state index contributed by atoms with van der Waals surface area (Å²) >= 11 is 1.56. The van der Waals surface area contributed by atoms with E-state index in [0.717, 1.165) is 0 Å². The van der Waals surface area contributed by atoms with Crippen molar-refractivity contribution >= 4 is 29.4 Å². The van der Waals surface area contributed by atoms with Gasteiger partial charge in [-0.3, -0.25) is 9.59 Å².